The number of carbonyl (C=O) groups is 1. The van der Waals surface area contributed by atoms with Gasteiger partial charge in [0.25, 0.3) is 0 Å². The molecule has 1 aliphatic heterocycles. The number of aliphatic hydroxyl groups is 1. The zero-order valence-electron chi connectivity index (χ0n) is 9.60. The predicted octanol–water partition coefficient (Wildman–Crippen LogP) is 0.370. The van der Waals surface area contributed by atoms with Crippen molar-refractivity contribution in [2.24, 2.45) is 0 Å². The summed E-state index contributed by atoms with van der Waals surface area (Å²) in [4.78, 5) is 11.4. The molecule has 0 saturated carbocycles. The lowest BCUT2D eigenvalue weighted by Crippen LogP contribution is -2.39. The quantitative estimate of drug-likeness (QED) is 0.657. The van der Waals surface area contributed by atoms with Crippen molar-refractivity contribution in [1.29, 1.82) is 0 Å². The Hall–Kier alpha value is -0.910. The molecular weight excluding hydrogens is 212 g/mol. The number of esters is 1. The number of hydrogen-bond donors (Lipinski definition) is 1. The molecule has 5 nitrogen and oxygen atoms in total. The zero-order chi connectivity index (χ0) is 11.9. The minimum Gasteiger partial charge on any atom is -0.466 e. The number of carbonyl (C=O) groups excluding carboxylic acids is 1. The van der Waals surface area contributed by atoms with E-state index in [1.165, 1.54) is 7.11 Å². The third-order valence-corrected chi connectivity index (χ3v) is 2.78. The minimum atomic E-state index is -0.731. The average Bonchev–Trinajstić information content (AvgIpc) is 2.52. The highest BCUT2D eigenvalue weighted by Gasteiger charge is 2.46. The summed E-state index contributed by atoms with van der Waals surface area (Å²) in [5.41, 5.74) is 0.442. The van der Waals surface area contributed by atoms with Crippen molar-refractivity contribution < 1.29 is 24.1 Å². The lowest BCUT2D eigenvalue weighted by Gasteiger charge is -2.26. The highest BCUT2D eigenvalue weighted by molar-refractivity contribution is 5.88. The van der Waals surface area contributed by atoms with Crippen molar-refractivity contribution in [3.63, 3.8) is 0 Å². The van der Waals surface area contributed by atoms with Crippen molar-refractivity contribution in [2.45, 2.75) is 44.4 Å². The molecule has 1 fully saturated rings. The van der Waals surface area contributed by atoms with Gasteiger partial charge in [0.2, 0.25) is 0 Å². The van der Waals surface area contributed by atoms with Crippen LogP contribution in [0.2, 0.25) is 0 Å². The molecule has 1 saturated heterocycles. The number of rotatable bonds is 1. The van der Waals surface area contributed by atoms with Crippen LogP contribution in [0.4, 0.5) is 0 Å². The Morgan fingerprint density at radius 3 is 2.88 bits per heavy atom. The topological polar surface area (TPSA) is 65.0 Å². The van der Waals surface area contributed by atoms with Crippen LogP contribution in [0.1, 0.15) is 20.3 Å². The van der Waals surface area contributed by atoms with E-state index in [1.807, 2.05) is 0 Å². The summed E-state index contributed by atoms with van der Waals surface area (Å²) in [7, 11) is 1.32. The second-order valence-electron chi connectivity index (χ2n) is 4.52. The van der Waals surface area contributed by atoms with Crippen molar-refractivity contribution in [3.8, 4) is 0 Å². The van der Waals surface area contributed by atoms with Crippen LogP contribution in [0.15, 0.2) is 11.6 Å². The van der Waals surface area contributed by atoms with Crippen LogP contribution in [-0.4, -0.2) is 42.3 Å². The van der Waals surface area contributed by atoms with E-state index >= 15 is 0 Å². The van der Waals surface area contributed by atoms with Gasteiger partial charge in [-0.25, -0.2) is 4.79 Å². The Balaban J connectivity index is 2.21. The molecule has 2 rings (SSSR count). The third kappa shape index (κ3) is 1.98. The average molecular weight is 228 g/mol. The van der Waals surface area contributed by atoms with Crippen molar-refractivity contribution >= 4 is 5.97 Å². The van der Waals surface area contributed by atoms with Gasteiger partial charge in [0.15, 0.2) is 5.79 Å². The van der Waals surface area contributed by atoms with Crippen LogP contribution in [0.25, 0.3) is 0 Å². The van der Waals surface area contributed by atoms with Gasteiger partial charge in [-0.05, 0) is 19.9 Å². The van der Waals surface area contributed by atoms with Gasteiger partial charge in [-0.15, -0.1) is 0 Å². The molecule has 1 aliphatic carbocycles. The fourth-order valence-electron chi connectivity index (χ4n) is 2.13. The molecular formula is C11H16O5. The Kier molecular flexibility index (Phi) is 2.77. The van der Waals surface area contributed by atoms with Gasteiger partial charge in [0.05, 0.1) is 13.2 Å². The maximum absolute atomic E-state index is 11.4. The summed E-state index contributed by atoms with van der Waals surface area (Å²) in [6.07, 6.45) is 0.410. The molecule has 0 aromatic heterocycles. The largest absolute Gasteiger partial charge is 0.466 e. The number of ether oxygens (including phenoxy) is 3. The molecule has 2 aliphatic rings. The molecule has 0 unspecified atom stereocenters. The normalized spacial score (nSPS) is 36.5. The second kappa shape index (κ2) is 3.84. The van der Waals surface area contributed by atoms with Gasteiger partial charge in [-0.3, -0.25) is 0 Å². The monoisotopic (exact) mass is 228 g/mol. The smallest absolute Gasteiger partial charge is 0.333 e. The van der Waals surface area contributed by atoms with Crippen LogP contribution in [0.5, 0.6) is 0 Å². The molecule has 0 aromatic rings. The van der Waals surface area contributed by atoms with Gasteiger partial charge in [-0.1, -0.05) is 0 Å². The van der Waals surface area contributed by atoms with E-state index in [-0.39, 0.29) is 12.5 Å². The van der Waals surface area contributed by atoms with Crippen LogP contribution in [-0.2, 0) is 19.0 Å². The first-order chi connectivity index (χ1) is 7.43. The van der Waals surface area contributed by atoms with Crippen LogP contribution < -0.4 is 0 Å². The number of methoxy groups -OCH3 is 1. The maximum atomic E-state index is 11.4. The Morgan fingerprint density at radius 2 is 2.25 bits per heavy atom. The Morgan fingerprint density at radius 1 is 1.56 bits per heavy atom. The summed E-state index contributed by atoms with van der Waals surface area (Å²) >= 11 is 0. The Bertz CT molecular complexity index is 333. The van der Waals surface area contributed by atoms with Gasteiger partial charge in [0.1, 0.15) is 12.2 Å². The van der Waals surface area contributed by atoms with E-state index in [0.717, 1.165) is 0 Å². The first-order valence-electron chi connectivity index (χ1n) is 5.25. The molecule has 0 aromatic carbocycles. The van der Waals surface area contributed by atoms with Crippen molar-refractivity contribution in [2.75, 3.05) is 7.11 Å². The highest BCUT2D eigenvalue weighted by Crippen LogP contribution is 2.36. The van der Waals surface area contributed by atoms with Crippen LogP contribution in [0, 0.1) is 0 Å². The first kappa shape index (κ1) is 11.6. The second-order valence-corrected chi connectivity index (χ2v) is 4.52. The number of hydrogen-bond acceptors (Lipinski definition) is 5. The lowest BCUT2D eigenvalue weighted by molar-refractivity contribution is -0.152. The summed E-state index contributed by atoms with van der Waals surface area (Å²) in [6, 6.07) is 0. The number of aliphatic hydroxyl groups excluding tert-OH is 1. The molecule has 0 amide bonds. The summed E-state index contributed by atoms with van der Waals surface area (Å²) in [5, 5.41) is 9.87. The highest BCUT2D eigenvalue weighted by atomic mass is 16.8. The van der Waals surface area contributed by atoms with Crippen LogP contribution >= 0.6 is 0 Å². The molecule has 5 heteroatoms. The van der Waals surface area contributed by atoms with E-state index in [2.05, 4.69) is 4.74 Å². The molecule has 0 radical (unpaired) electrons. The summed E-state index contributed by atoms with van der Waals surface area (Å²) in [5.74, 6) is -1.15. The van der Waals surface area contributed by atoms with E-state index < -0.39 is 24.0 Å². The van der Waals surface area contributed by atoms with E-state index in [0.29, 0.717) is 5.57 Å². The molecule has 3 atom stereocenters. The van der Waals surface area contributed by atoms with Gasteiger partial charge < -0.3 is 19.3 Å². The Labute approximate surface area is 94.0 Å². The fraction of sp³-hybridized carbons (Fsp3) is 0.727. The molecule has 0 bridgehead atoms. The van der Waals surface area contributed by atoms with Gasteiger partial charge in [-0.2, -0.15) is 0 Å². The fourth-order valence-corrected chi connectivity index (χ4v) is 2.13. The maximum Gasteiger partial charge on any atom is 0.333 e. The summed E-state index contributed by atoms with van der Waals surface area (Å²) in [6.45, 7) is 3.56. The first-order valence-corrected chi connectivity index (χ1v) is 5.25. The number of fused-ring (bicyclic) bond motifs is 1. The predicted molar refractivity (Wildman–Crippen MR) is 54.5 cm³/mol. The van der Waals surface area contributed by atoms with E-state index in [9.17, 15) is 9.90 Å². The van der Waals surface area contributed by atoms with E-state index in [1.54, 1.807) is 19.9 Å². The van der Waals surface area contributed by atoms with Crippen LogP contribution in [0.3, 0.4) is 0 Å². The molecule has 1 N–H and O–H groups in total. The molecule has 90 valence electrons. The van der Waals surface area contributed by atoms with E-state index in [4.69, 9.17) is 9.47 Å². The van der Waals surface area contributed by atoms with Gasteiger partial charge >= 0.3 is 5.97 Å². The standard InChI is InChI=1S/C11H16O5/c1-11(2)15-8-5-6(10(13)14-3)4-7(12)9(8)16-11/h5,7-9,12H,4H2,1-3H3/t7-,8-,9+/m1/s1/i10+0. The zero-order valence-corrected chi connectivity index (χ0v) is 9.60. The van der Waals surface area contributed by atoms with Crippen molar-refractivity contribution in [1.82, 2.24) is 0 Å². The molecule has 0 spiro atoms. The molecule has 1 heterocycles. The summed E-state index contributed by atoms with van der Waals surface area (Å²) < 4.78 is 15.8. The lowest BCUT2D eigenvalue weighted by atomic mass is 9.92. The minimum absolute atomic E-state index is 0.243. The van der Waals surface area contributed by atoms with Crippen molar-refractivity contribution in [3.05, 3.63) is 11.6 Å². The van der Waals surface area contributed by atoms with Gasteiger partial charge in [0, 0.05) is 12.0 Å². The third-order valence-electron chi connectivity index (χ3n) is 2.78. The SMILES string of the molecule is CO[12C](=O)C1=C[C@H]2OC(C)(C)O[C@H]2[C@H](O)C1. The molecule has 16 heavy (non-hydrogen) atoms.